The van der Waals surface area contributed by atoms with E-state index in [1.54, 1.807) is 51.1 Å². The largest absolute Gasteiger partial charge is 0.468 e. The second kappa shape index (κ2) is 13.5. The van der Waals surface area contributed by atoms with Gasteiger partial charge in [0.2, 0.25) is 11.8 Å². The van der Waals surface area contributed by atoms with Crippen LogP contribution in [0.1, 0.15) is 52.6 Å². The Hall–Kier alpha value is -3.14. The molecule has 0 aliphatic rings. The zero-order chi connectivity index (χ0) is 25.9. The third-order valence-corrected chi connectivity index (χ3v) is 4.63. The highest BCUT2D eigenvalue weighted by Gasteiger charge is 2.36. The van der Waals surface area contributed by atoms with Crippen molar-refractivity contribution in [2.75, 3.05) is 26.8 Å². The molecular weight excluding hydrogens is 442 g/mol. The number of benzene rings is 1. The minimum Gasteiger partial charge on any atom is -0.468 e. The van der Waals surface area contributed by atoms with Gasteiger partial charge in [-0.3, -0.25) is 14.4 Å². The number of hydrogen-bond donors (Lipinski definition) is 3. The summed E-state index contributed by atoms with van der Waals surface area (Å²) >= 11 is 0. The molecule has 0 aliphatic carbocycles. The van der Waals surface area contributed by atoms with E-state index >= 15 is 0 Å². The Morgan fingerprint density at radius 3 is 2.21 bits per heavy atom. The van der Waals surface area contributed by atoms with Crippen LogP contribution in [0.15, 0.2) is 30.3 Å². The molecule has 3 amide bonds. The third kappa shape index (κ3) is 9.78. The molecule has 2 unspecified atom stereocenters. The summed E-state index contributed by atoms with van der Waals surface area (Å²) in [6, 6.07) is 6.36. The van der Waals surface area contributed by atoms with Gasteiger partial charge in [0.25, 0.3) is 0 Å². The van der Waals surface area contributed by atoms with Gasteiger partial charge in [0, 0.05) is 6.54 Å². The van der Waals surface area contributed by atoms with Gasteiger partial charge in [0.05, 0.1) is 13.7 Å². The van der Waals surface area contributed by atoms with Gasteiger partial charge >= 0.3 is 12.1 Å². The van der Waals surface area contributed by atoms with E-state index in [1.165, 1.54) is 12.0 Å². The third-order valence-electron chi connectivity index (χ3n) is 4.63. The fraction of sp³-hybridized carbons (Fsp3) is 0.583. The van der Waals surface area contributed by atoms with Crippen molar-refractivity contribution in [1.82, 2.24) is 15.5 Å². The number of nitrogens with one attached hydrogen (secondary N) is 2. The molecule has 0 aromatic heterocycles. The van der Waals surface area contributed by atoms with Gasteiger partial charge in [-0.1, -0.05) is 44.2 Å². The van der Waals surface area contributed by atoms with E-state index in [9.17, 15) is 24.3 Å². The van der Waals surface area contributed by atoms with Crippen molar-refractivity contribution < 1.29 is 33.8 Å². The van der Waals surface area contributed by atoms with E-state index in [-0.39, 0.29) is 25.4 Å². The van der Waals surface area contributed by atoms with Gasteiger partial charge in [-0.25, -0.2) is 4.79 Å². The number of ether oxygens (including phenoxy) is 2. The number of rotatable bonds is 11. The van der Waals surface area contributed by atoms with Crippen LogP contribution in [0.3, 0.4) is 0 Å². The summed E-state index contributed by atoms with van der Waals surface area (Å²) in [5.41, 5.74) is -0.284. The summed E-state index contributed by atoms with van der Waals surface area (Å²) in [4.78, 5) is 52.0. The van der Waals surface area contributed by atoms with Crippen LogP contribution >= 0.6 is 0 Å². The molecule has 1 aromatic rings. The highest BCUT2D eigenvalue weighted by atomic mass is 16.6. The molecule has 0 heterocycles. The van der Waals surface area contributed by atoms with Crippen molar-refractivity contribution in [3.05, 3.63) is 35.9 Å². The Labute approximate surface area is 201 Å². The number of aliphatic hydroxyl groups is 1. The number of amides is 3. The van der Waals surface area contributed by atoms with Crippen LogP contribution < -0.4 is 10.6 Å². The molecule has 1 rings (SSSR count). The van der Waals surface area contributed by atoms with Crippen molar-refractivity contribution in [1.29, 1.82) is 0 Å². The molecule has 0 saturated carbocycles. The smallest absolute Gasteiger partial charge is 0.408 e. The lowest BCUT2D eigenvalue weighted by Crippen LogP contribution is -2.54. The maximum atomic E-state index is 13.7. The number of hydrogen-bond acceptors (Lipinski definition) is 7. The minimum absolute atomic E-state index is 0.0307. The van der Waals surface area contributed by atoms with Crippen LogP contribution in [0.25, 0.3) is 0 Å². The number of aliphatic hydroxyl groups excluding tert-OH is 1. The maximum Gasteiger partial charge on any atom is 0.408 e. The highest BCUT2D eigenvalue weighted by Crippen LogP contribution is 2.23. The molecule has 0 spiro atoms. The number of esters is 1. The number of carbonyl (C=O) groups excluding carboxylic acids is 4. The molecule has 0 fully saturated rings. The van der Waals surface area contributed by atoms with Crippen molar-refractivity contribution >= 4 is 23.9 Å². The molecule has 2 atom stereocenters. The second-order valence-electron chi connectivity index (χ2n) is 9.19. The molecule has 0 radical (unpaired) electrons. The fourth-order valence-corrected chi connectivity index (χ4v) is 3.25. The standard InChI is InChI=1S/C24H37N3O7/c1-16(2)14-18(26-23(32)34-24(3,4)5)22(31)27(12-13-28)20(17-10-8-7-9-11-17)21(30)25-15-19(29)33-6/h7-11,16,18,20,28H,12-15H2,1-6H3,(H,25,30)(H,26,32). The average Bonchev–Trinajstić information content (AvgIpc) is 2.75. The van der Waals surface area contributed by atoms with Crippen LogP contribution in [-0.2, 0) is 23.9 Å². The van der Waals surface area contributed by atoms with Gasteiger partial charge in [0.15, 0.2) is 0 Å². The molecule has 34 heavy (non-hydrogen) atoms. The number of nitrogens with zero attached hydrogens (tertiary/aromatic N) is 1. The number of alkyl carbamates (subject to hydrolysis) is 1. The van der Waals surface area contributed by atoms with E-state index < -0.39 is 48.2 Å². The van der Waals surface area contributed by atoms with Crippen molar-refractivity contribution in [2.24, 2.45) is 5.92 Å². The van der Waals surface area contributed by atoms with Crippen LogP contribution in [0.4, 0.5) is 4.79 Å². The van der Waals surface area contributed by atoms with Crippen LogP contribution in [0.2, 0.25) is 0 Å². The monoisotopic (exact) mass is 479 g/mol. The molecule has 190 valence electrons. The van der Waals surface area contributed by atoms with Gasteiger partial charge in [-0.15, -0.1) is 0 Å². The summed E-state index contributed by atoms with van der Waals surface area (Å²) in [6.07, 6.45) is -0.479. The summed E-state index contributed by atoms with van der Waals surface area (Å²) < 4.78 is 9.88. The molecule has 0 bridgehead atoms. The van der Waals surface area contributed by atoms with Crippen LogP contribution in [-0.4, -0.2) is 72.3 Å². The number of carbonyl (C=O) groups is 4. The maximum absolute atomic E-state index is 13.7. The molecule has 10 nitrogen and oxygen atoms in total. The molecular formula is C24H37N3O7. The lowest BCUT2D eigenvalue weighted by Gasteiger charge is -2.34. The first-order valence-corrected chi connectivity index (χ1v) is 11.2. The van der Waals surface area contributed by atoms with E-state index in [4.69, 9.17) is 4.74 Å². The zero-order valence-corrected chi connectivity index (χ0v) is 20.8. The first-order chi connectivity index (χ1) is 15.9. The van der Waals surface area contributed by atoms with E-state index in [1.807, 2.05) is 13.8 Å². The van der Waals surface area contributed by atoms with E-state index in [0.29, 0.717) is 5.56 Å². The van der Waals surface area contributed by atoms with Gasteiger partial charge in [-0.05, 0) is 38.7 Å². The SMILES string of the molecule is COC(=O)CNC(=O)C(c1ccccc1)N(CCO)C(=O)C(CC(C)C)NC(=O)OC(C)(C)C. The number of methoxy groups -OCH3 is 1. The molecule has 10 heteroatoms. The molecule has 3 N–H and O–H groups in total. The Balaban J connectivity index is 3.33. The predicted octanol–water partition coefficient (Wildman–Crippen LogP) is 1.78. The first kappa shape index (κ1) is 28.9. The minimum atomic E-state index is -1.15. The van der Waals surface area contributed by atoms with Crippen molar-refractivity contribution in [3.8, 4) is 0 Å². The second-order valence-corrected chi connectivity index (χ2v) is 9.19. The summed E-state index contributed by atoms with van der Waals surface area (Å²) in [5.74, 6) is -1.80. The topological polar surface area (TPSA) is 134 Å². The van der Waals surface area contributed by atoms with Crippen LogP contribution in [0.5, 0.6) is 0 Å². The van der Waals surface area contributed by atoms with Gasteiger partial charge in [-0.2, -0.15) is 0 Å². The Morgan fingerprint density at radius 2 is 1.71 bits per heavy atom. The van der Waals surface area contributed by atoms with E-state index in [2.05, 4.69) is 15.4 Å². The lowest BCUT2D eigenvalue weighted by molar-refractivity contribution is -0.145. The molecule has 0 aliphatic heterocycles. The highest BCUT2D eigenvalue weighted by molar-refractivity contribution is 5.93. The van der Waals surface area contributed by atoms with Crippen LogP contribution in [0, 0.1) is 5.92 Å². The quantitative estimate of drug-likeness (QED) is 0.412. The lowest BCUT2D eigenvalue weighted by atomic mass is 9.99. The fourth-order valence-electron chi connectivity index (χ4n) is 3.25. The Morgan fingerprint density at radius 1 is 1.09 bits per heavy atom. The van der Waals surface area contributed by atoms with Crippen molar-refractivity contribution in [3.63, 3.8) is 0 Å². The molecule has 1 aromatic carbocycles. The predicted molar refractivity (Wildman–Crippen MR) is 126 cm³/mol. The Kier molecular flexibility index (Phi) is 11.5. The average molecular weight is 480 g/mol. The van der Waals surface area contributed by atoms with Gasteiger partial charge in [0.1, 0.15) is 24.2 Å². The normalized spacial score (nSPS) is 12.9. The zero-order valence-electron chi connectivity index (χ0n) is 20.8. The molecule has 0 saturated heterocycles. The summed E-state index contributed by atoms with van der Waals surface area (Å²) in [5, 5.41) is 14.8. The summed E-state index contributed by atoms with van der Waals surface area (Å²) in [6.45, 7) is 7.94. The van der Waals surface area contributed by atoms with Gasteiger partial charge < -0.3 is 30.1 Å². The van der Waals surface area contributed by atoms with E-state index in [0.717, 1.165) is 0 Å². The Bertz CT molecular complexity index is 822. The summed E-state index contributed by atoms with van der Waals surface area (Å²) in [7, 11) is 1.20. The van der Waals surface area contributed by atoms with Crippen molar-refractivity contribution in [2.45, 2.75) is 58.7 Å². The first-order valence-electron chi connectivity index (χ1n) is 11.2.